The van der Waals surface area contributed by atoms with Crippen molar-refractivity contribution in [1.82, 2.24) is 0 Å². The minimum atomic E-state index is -1.02. The molecule has 0 radical (unpaired) electrons. The Hall–Kier alpha value is -1.62. The Labute approximate surface area is 131 Å². The Kier molecular flexibility index (Phi) is 3.85. The van der Waals surface area contributed by atoms with Crippen molar-refractivity contribution in [3.63, 3.8) is 0 Å². The van der Waals surface area contributed by atoms with Gasteiger partial charge in [-0.1, -0.05) is 34.5 Å². The lowest BCUT2D eigenvalue weighted by Crippen LogP contribution is -2.47. The Bertz CT molecular complexity index is 575. The van der Waals surface area contributed by atoms with E-state index in [1.54, 1.807) is 0 Å². The van der Waals surface area contributed by atoms with Crippen LogP contribution in [-0.4, -0.2) is 17.7 Å². The maximum atomic E-state index is 12.1. The molecule has 1 saturated carbocycles. The maximum absolute atomic E-state index is 12.1. The van der Waals surface area contributed by atoms with Gasteiger partial charge in [-0.15, -0.1) is 0 Å². The number of halogens is 1. The molecule has 3 rings (SSSR count). The van der Waals surface area contributed by atoms with Crippen molar-refractivity contribution in [2.45, 2.75) is 37.9 Å². The Morgan fingerprint density at radius 2 is 1.52 bits per heavy atom. The molecule has 0 aromatic heterocycles. The highest BCUT2D eigenvalue weighted by atomic mass is 79.9. The van der Waals surface area contributed by atoms with Crippen LogP contribution in [0, 0.1) is 0 Å². The molecule has 1 saturated heterocycles. The highest BCUT2D eigenvalue weighted by Crippen LogP contribution is 2.37. The second-order valence-corrected chi connectivity index (χ2v) is 6.28. The van der Waals surface area contributed by atoms with Gasteiger partial charge >= 0.3 is 11.9 Å². The smallest absolute Gasteiger partial charge is 0.348 e. The predicted octanol–water partition coefficient (Wildman–Crippen LogP) is 3.59. The van der Waals surface area contributed by atoms with Crippen LogP contribution >= 0.6 is 15.9 Å². The van der Waals surface area contributed by atoms with Gasteiger partial charge in [0.1, 0.15) is 5.57 Å². The molecule has 0 amide bonds. The van der Waals surface area contributed by atoms with Crippen LogP contribution in [0.25, 0.3) is 6.08 Å². The van der Waals surface area contributed by atoms with Crippen molar-refractivity contribution in [3.8, 4) is 0 Å². The summed E-state index contributed by atoms with van der Waals surface area (Å²) in [6.45, 7) is 0. The standard InChI is InChI=1S/C16H15BrO4/c17-12-6-4-11(5-7-12)10-13-14(18)20-16(21-15(13)19)8-2-1-3-9-16/h4-7,10H,1-3,8-9H2. The lowest BCUT2D eigenvalue weighted by molar-refractivity contribution is -0.244. The fraction of sp³-hybridized carbons (Fsp3) is 0.375. The SMILES string of the molecule is O=C1OC2(CCCCC2)OC(=O)C1=Cc1ccc(Br)cc1. The van der Waals surface area contributed by atoms with E-state index in [0.29, 0.717) is 12.8 Å². The largest absolute Gasteiger partial charge is 0.419 e. The molecule has 0 N–H and O–H groups in total. The number of esters is 2. The summed E-state index contributed by atoms with van der Waals surface area (Å²) in [5, 5.41) is 0. The summed E-state index contributed by atoms with van der Waals surface area (Å²) in [6.07, 6.45) is 5.59. The zero-order valence-electron chi connectivity index (χ0n) is 11.4. The molecule has 2 aliphatic rings. The molecule has 1 aliphatic carbocycles. The third kappa shape index (κ3) is 3.02. The van der Waals surface area contributed by atoms with Gasteiger partial charge in [-0.3, -0.25) is 0 Å². The number of rotatable bonds is 1. The molecule has 110 valence electrons. The Morgan fingerprint density at radius 1 is 0.952 bits per heavy atom. The molecule has 2 fully saturated rings. The monoisotopic (exact) mass is 350 g/mol. The zero-order valence-corrected chi connectivity index (χ0v) is 13.0. The van der Waals surface area contributed by atoms with E-state index in [1.165, 1.54) is 6.08 Å². The number of carbonyl (C=O) groups is 2. The number of ether oxygens (including phenoxy) is 2. The van der Waals surface area contributed by atoms with Crippen molar-refractivity contribution < 1.29 is 19.1 Å². The molecule has 1 heterocycles. The molecule has 0 unspecified atom stereocenters. The summed E-state index contributed by atoms with van der Waals surface area (Å²) in [4.78, 5) is 24.3. The Balaban J connectivity index is 1.83. The Morgan fingerprint density at radius 3 is 2.10 bits per heavy atom. The van der Waals surface area contributed by atoms with E-state index < -0.39 is 17.7 Å². The molecular weight excluding hydrogens is 336 g/mol. The molecule has 1 spiro atoms. The average molecular weight is 351 g/mol. The van der Waals surface area contributed by atoms with Crippen LogP contribution in [0.4, 0.5) is 0 Å². The van der Waals surface area contributed by atoms with Gasteiger partial charge in [0.05, 0.1) is 0 Å². The molecule has 0 bridgehead atoms. The molecule has 5 heteroatoms. The topological polar surface area (TPSA) is 52.6 Å². The quantitative estimate of drug-likeness (QED) is 0.441. The lowest BCUT2D eigenvalue weighted by atomic mass is 9.93. The fourth-order valence-electron chi connectivity index (χ4n) is 2.69. The maximum Gasteiger partial charge on any atom is 0.348 e. The van der Waals surface area contributed by atoms with Crippen LogP contribution in [0.15, 0.2) is 34.3 Å². The molecule has 0 atom stereocenters. The third-order valence-corrected chi connectivity index (χ3v) is 4.32. The van der Waals surface area contributed by atoms with E-state index in [1.807, 2.05) is 24.3 Å². The summed E-state index contributed by atoms with van der Waals surface area (Å²) in [6, 6.07) is 7.30. The van der Waals surface area contributed by atoms with E-state index >= 15 is 0 Å². The van der Waals surface area contributed by atoms with Gasteiger partial charge in [-0.25, -0.2) is 9.59 Å². The average Bonchev–Trinajstić information content (AvgIpc) is 2.46. The first-order chi connectivity index (χ1) is 10.1. The van der Waals surface area contributed by atoms with Crippen LogP contribution in [0.1, 0.15) is 37.7 Å². The van der Waals surface area contributed by atoms with Crippen molar-refractivity contribution in [3.05, 3.63) is 39.9 Å². The van der Waals surface area contributed by atoms with Crippen LogP contribution in [0.5, 0.6) is 0 Å². The van der Waals surface area contributed by atoms with Gasteiger partial charge in [0.15, 0.2) is 0 Å². The van der Waals surface area contributed by atoms with Gasteiger partial charge in [0.25, 0.3) is 5.79 Å². The lowest BCUT2D eigenvalue weighted by Gasteiger charge is -2.38. The van der Waals surface area contributed by atoms with Gasteiger partial charge in [-0.05, 0) is 36.6 Å². The van der Waals surface area contributed by atoms with Crippen molar-refractivity contribution in [2.24, 2.45) is 0 Å². The van der Waals surface area contributed by atoms with Crippen molar-refractivity contribution in [1.29, 1.82) is 0 Å². The van der Waals surface area contributed by atoms with E-state index in [2.05, 4.69) is 15.9 Å². The number of hydrogen-bond acceptors (Lipinski definition) is 4. The summed E-state index contributed by atoms with van der Waals surface area (Å²) >= 11 is 3.34. The predicted molar refractivity (Wildman–Crippen MR) is 80.1 cm³/mol. The van der Waals surface area contributed by atoms with Crippen LogP contribution in [0.2, 0.25) is 0 Å². The first-order valence-electron chi connectivity index (χ1n) is 7.02. The van der Waals surface area contributed by atoms with Crippen LogP contribution < -0.4 is 0 Å². The van der Waals surface area contributed by atoms with Crippen molar-refractivity contribution in [2.75, 3.05) is 0 Å². The van der Waals surface area contributed by atoms with Gasteiger partial charge in [0, 0.05) is 17.3 Å². The fourth-order valence-corrected chi connectivity index (χ4v) is 2.95. The molecule has 1 aromatic rings. The highest BCUT2D eigenvalue weighted by molar-refractivity contribution is 9.10. The summed E-state index contributed by atoms with van der Waals surface area (Å²) < 4.78 is 11.8. The molecular formula is C16H15BrO4. The molecule has 4 nitrogen and oxygen atoms in total. The summed E-state index contributed by atoms with van der Waals surface area (Å²) in [7, 11) is 0. The molecule has 1 aliphatic heterocycles. The van der Waals surface area contributed by atoms with E-state index in [9.17, 15) is 9.59 Å². The highest BCUT2D eigenvalue weighted by Gasteiger charge is 2.46. The normalized spacial score (nSPS) is 20.9. The van der Waals surface area contributed by atoms with E-state index in [-0.39, 0.29) is 5.57 Å². The van der Waals surface area contributed by atoms with E-state index in [0.717, 1.165) is 29.3 Å². The second kappa shape index (κ2) is 5.64. The van der Waals surface area contributed by atoms with Gasteiger partial charge in [0.2, 0.25) is 0 Å². The van der Waals surface area contributed by atoms with Crippen molar-refractivity contribution >= 4 is 33.9 Å². The second-order valence-electron chi connectivity index (χ2n) is 5.36. The first-order valence-corrected chi connectivity index (χ1v) is 7.81. The van der Waals surface area contributed by atoms with Crippen LogP contribution in [0.3, 0.4) is 0 Å². The third-order valence-electron chi connectivity index (χ3n) is 3.79. The van der Waals surface area contributed by atoms with E-state index in [4.69, 9.17) is 9.47 Å². The first kappa shape index (κ1) is 14.3. The molecule has 21 heavy (non-hydrogen) atoms. The number of carbonyl (C=O) groups excluding carboxylic acids is 2. The number of benzene rings is 1. The number of hydrogen-bond donors (Lipinski definition) is 0. The summed E-state index contributed by atoms with van der Waals surface area (Å²) in [5.74, 6) is -2.20. The van der Waals surface area contributed by atoms with Crippen LogP contribution in [-0.2, 0) is 19.1 Å². The minimum absolute atomic E-state index is 0.0477. The zero-order chi connectivity index (χ0) is 14.9. The van der Waals surface area contributed by atoms with Gasteiger partial charge < -0.3 is 9.47 Å². The summed E-state index contributed by atoms with van der Waals surface area (Å²) in [5.41, 5.74) is 0.704. The molecule has 1 aromatic carbocycles. The minimum Gasteiger partial charge on any atom is -0.419 e. The van der Waals surface area contributed by atoms with Gasteiger partial charge in [-0.2, -0.15) is 0 Å².